The SMILES string of the molecule is N[C@H]1CC[C@H](C(=O)N2[C@@H]3CC[C@H]2C[C@@H](NC(=O)c2ccc4c(c2)CC(=O)N4)C3)CC1. The molecular formula is C23H30N4O3. The van der Waals surface area contributed by atoms with Gasteiger partial charge in [-0.05, 0) is 75.1 Å². The molecule has 5 rings (SSSR count). The van der Waals surface area contributed by atoms with Gasteiger partial charge in [0.2, 0.25) is 11.8 Å². The van der Waals surface area contributed by atoms with Crippen molar-refractivity contribution in [2.45, 2.75) is 82.0 Å². The summed E-state index contributed by atoms with van der Waals surface area (Å²) in [6.45, 7) is 0. The summed E-state index contributed by atoms with van der Waals surface area (Å²) in [6.07, 6.45) is 7.74. The van der Waals surface area contributed by atoms with Crippen LogP contribution in [0.15, 0.2) is 18.2 Å². The van der Waals surface area contributed by atoms with E-state index in [9.17, 15) is 14.4 Å². The van der Waals surface area contributed by atoms with Crippen molar-refractivity contribution in [2.75, 3.05) is 5.32 Å². The number of piperidine rings is 1. The molecule has 3 atom stereocenters. The number of rotatable bonds is 3. The normalized spacial score (nSPS) is 32.5. The van der Waals surface area contributed by atoms with Crippen LogP contribution in [0.3, 0.4) is 0 Å². The fraction of sp³-hybridized carbons (Fsp3) is 0.609. The summed E-state index contributed by atoms with van der Waals surface area (Å²) in [5.74, 6) is 0.315. The smallest absolute Gasteiger partial charge is 0.251 e. The van der Waals surface area contributed by atoms with Crippen LogP contribution in [-0.2, 0) is 16.0 Å². The molecule has 1 aromatic carbocycles. The summed E-state index contributed by atoms with van der Waals surface area (Å²) in [5, 5.41) is 5.98. The van der Waals surface area contributed by atoms with Crippen molar-refractivity contribution in [2.24, 2.45) is 11.7 Å². The number of nitrogens with one attached hydrogen (secondary N) is 2. The van der Waals surface area contributed by atoms with Gasteiger partial charge in [-0.2, -0.15) is 0 Å². The molecule has 0 spiro atoms. The van der Waals surface area contributed by atoms with Crippen LogP contribution in [0.25, 0.3) is 0 Å². The number of nitrogens with zero attached hydrogens (tertiary/aromatic N) is 1. The molecule has 0 aromatic heterocycles. The monoisotopic (exact) mass is 410 g/mol. The Morgan fingerprint density at radius 3 is 2.43 bits per heavy atom. The van der Waals surface area contributed by atoms with E-state index < -0.39 is 0 Å². The lowest BCUT2D eigenvalue weighted by Crippen LogP contribution is -2.54. The number of anilines is 1. The van der Waals surface area contributed by atoms with Gasteiger partial charge in [0.25, 0.3) is 5.91 Å². The number of hydrogen-bond donors (Lipinski definition) is 3. The lowest BCUT2D eigenvalue weighted by atomic mass is 9.84. The van der Waals surface area contributed by atoms with Crippen molar-refractivity contribution in [3.05, 3.63) is 29.3 Å². The van der Waals surface area contributed by atoms with Gasteiger partial charge in [0.1, 0.15) is 0 Å². The first-order valence-electron chi connectivity index (χ1n) is 11.3. The van der Waals surface area contributed by atoms with Crippen LogP contribution in [0.1, 0.15) is 67.3 Å². The van der Waals surface area contributed by atoms with Gasteiger partial charge in [-0.25, -0.2) is 0 Å². The van der Waals surface area contributed by atoms with Crippen molar-refractivity contribution in [3.63, 3.8) is 0 Å². The number of benzene rings is 1. The van der Waals surface area contributed by atoms with E-state index in [-0.39, 0.29) is 41.9 Å². The van der Waals surface area contributed by atoms with E-state index >= 15 is 0 Å². The number of carbonyl (C=O) groups excluding carboxylic acids is 3. The van der Waals surface area contributed by atoms with Gasteiger partial charge in [-0.1, -0.05) is 0 Å². The zero-order valence-corrected chi connectivity index (χ0v) is 17.2. The van der Waals surface area contributed by atoms with Crippen LogP contribution in [0.4, 0.5) is 5.69 Å². The maximum absolute atomic E-state index is 13.2. The molecule has 3 aliphatic heterocycles. The minimum atomic E-state index is -0.0948. The molecule has 160 valence electrons. The fourth-order valence-electron chi connectivity index (χ4n) is 5.87. The van der Waals surface area contributed by atoms with Crippen molar-refractivity contribution in [1.29, 1.82) is 0 Å². The van der Waals surface area contributed by atoms with E-state index in [4.69, 9.17) is 5.73 Å². The Hall–Kier alpha value is -2.41. The van der Waals surface area contributed by atoms with Crippen molar-refractivity contribution >= 4 is 23.4 Å². The molecule has 0 unspecified atom stereocenters. The zero-order chi connectivity index (χ0) is 20.8. The van der Waals surface area contributed by atoms with Crippen molar-refractivity contribution in [1.82, 2.24) is 10.2 Å². The minimum Gasteiger partial charge on any atom is -0.349 e. The molecule has 7 heteroatoms. The molecule has 4 aliphatic rings. The van der Waals surface area contributed by atoms with Crippen molar-refractivity contribution in [3.8, 4) is 0 Å². The maximum atomic E-state index is 13.2. The third kappa shape index (κ3) is 3.60. The van der Waals surface area contributed by atoms with E-state index in [1.165, 1.54) is 0 Å². The summed E-state index contributed by atoms with van der Waals surface area (Å²) < 4.78 is 0. The quantitative estimate of drug-likeness (QED) is 0.708. The Labute approximate surface area is 176 Å². The molecule has 3 fully saturated rings. The maximum Gasteiger partial charge on any atom is 0.251 e. The molecule has 2 bridgehead atoms. The Kier molecular flexibility index (Phi) is 5.01. The predicted octanol–water partition coefficient (Wildman–Crippen LogP) is 1.95. The first-order chi connectivity index (χ1) is 14.5. The van der Waals surface area contributed by atoms with E-state index in [0.29, 0.717) is 17.9 Å². The van der Waals surface area contributed by atoms with Gasteiger partial charge in [-0.15, -0.1) is 0 Å². The highest BCUT2D eigenvalue weighted by molar-refractivity contribution is 6.01. The summed E-state index contributed by atoms with van der Waals surface area (Å²) in [5.41, 5.74) is 8.27. The van der Waals surface area contributed by atoms with Gasteiger partial charge in [0.05, 0.1) is 6.42 Å². The average molecular weight is 411 g/mol. The molecule has 3 amide bonds. The Morgan fingerprint density at radius 2 is 1.73 bits per heavy atom. The Morgan fingerprint density at radius 1 is 1.03 bits per heavy atom. The number of nitrogens with two attached hydrogens (primary N) is 1. The van der Waals surface area contributed by atoms with Gasteiger partial charge in [0.15, 0.2) is 0 Å². The van der Waals surface area contributed by atoms with Crippen LogP contribution in [0, 0.1) is 5.92 Å². The predicted molar refractivity (Wildman–Crippen MR) is 113 cm³/mol. The van der Waals surface area contributed by atoms with Gasteiger partial charge < -0.3 is 21.3 Å². The molecule has 7 nitrogen and oxygen atoms in total. The number of fused-ring (bicyclic) bond motifs is 3. The molecule has 1 aliphatic carbocycles. The van der Waals surface area contributed by atoms with Gasteiger partial charge in [0, 0.05) is 41.3 Å². The molecular weight excluding hydrogens is 380 g/mol. The first kappa shape index (κ1) is 19.5. The van der Waals surface area contributed by atoms with E-state index in [1.807, 2.05) is 6.07 Å². The highest BCUT2D eigenvalue weighted by Gasteiger charge is 2.45. The summed E-state index contributed by atoms with van der Waals surface area (Å²) in [4.78, 5) is 39.7. The van der Waals surface area contributed by atoms with Crippen LogP contribution in [0.5, 0.6) is 0 Å². The van der Waals surface area contributed by atoms with Crippen LogP contribution >= 0.6 is 0 Å². The zero-order valence-electron chi connectivity index (χ0n) is 17.2. The molecule has 1 saturated carbocycles. The molecule has 0 radical (unpaired) electrons. The van der Waals surface area contributed by atoms with Gasteiger partial charge in [-0.3, -0.25) is 14.4 Å². The summed E-state index contributed by atoms with van der Waals surface area (Å²) >= 11 is 0. The van der Waals surface area contributed by atoms with E-state index in [0.717, 1.165) is 62.6 Å². The number of carbonyl (C=O) groups is 3. The molecule has 2 saturated heterocycles. The van der Waals surface area contributed by atoms with Crippen LogP contribution in [-0.4, -0.2) is 46.8 Å². The topological polar surface area (TPSA) is 105 Å². The average Bonchev–Trinajstić information content (AvgIpc) is 3.23. The lowest BCUT2D eigenvalue weighted by Gasteiger charge is -2.41. The second-order valence-electron chi connectivity index (χ2n) is 9.48. The standard InChI is InChI=1S/C23H30N4O3/c24-16-4-1-13(2-5-16)23(30)27-18-6-7-19(27)12-17(11-18)25-22(29)14-3-8-20-15(9-14)10-21(28)26-20/h3,8-9,13,16-19H,1-2,4-7,10-12,24H2,(H,25,29)(H,26,28)/t13-,16-,17-,18+,19-. The molecule has 4 N–H and O–H groups in total. The van der Waals surface area contributed by atoms with Crippen molar-refractivity contribution < 1.29 is 14.4 Å². The third-order valence-corrected chi connectivity index (χ3v) is 7.44. The van der Waals surface area contributed by atoms with E-state index in [2.05, 4.69) is 15.5 Å². The Balaban J connectivity index is 1.21. The lowest BCUT2D eigenvalue weighted by molar-refractivity contribution is -0.141. The summed E-state index contributed by atoms with van der Waals surface area (Å²) in [6, 6.07) is 6.19. The summed E-state index contributed by atoms with van der Waals surface area (Å²) in [7, 11) is 0. The highest BCUT2D eigenvalue weighted by Crippen LogP contribution is 2.38. The third-order valence-electron chi connectivity index (χ3n) is 7.44. The van der Waals surface area contributed by atoms with Gasteiger partial charge >= 0.3 is 0 Å². The van der Waals surface area contributed by atoms with Crippen LogP contribution < -0.4 is 16.4 Å². The number of hydrogen-bond acceptors (Lipinski definition) is 4. The highest BCUT2D eigenvalue weighted by atomic mass is 16.2. The largest absolute Gasteiger partial charge is 0.349 e. The van der Waals surface area contributed by atoms with E-state index in [1.54, 1.807) is 12.1 Å². The molecule has 3 heterocycles. The molecule has 30 heavy (non-hydrogen) atoms. The Bertz CT molecular complexity index is 863. The second kappa shape index (κ2) is 7.69. The fourth-order valence-corrected chi connectivity index (χ4v) is 5.87. The van der Waals surface area contributed by atoms with Crippen LogP contribution in [0.2, 0.25) is 0 Å². The molecule has 1 aromatic rings. The number of amides is 3. The minimum absolute atomic E-state index is 0.0314. The second-order valence-corrected chi connectivity index (χ2v) is 9.48. The first-order valence-corrected chi connectivity index (χ1v) is 11.3.